The van der Waals surface area contributed by atoms with Gasteiger partial charge in [0.05, 0.1) is 18.8 Å². The second-order valence-corrected chi connectivity index (χ2v) is 4.50. The van der Waals surface area contributed by atoms with Crippen molar-refractivity contribution in [1.82, 2.24) is 10.4 Å². The van der Waals surface area contributed by atoms with Crippen LogP contribution in [-0.4, -0.2) is 49.6 Å². The number of nitrogens with one attached hydrogen (secondary N) is 1. The van der Waals surface area contributed by atoms with E-state index in [1.807, 2.05) is 19.1 Å². The summed E-state index contributed by atoms with van der Waals surface area (Å²) in [5, 5.41) is 11.5. The molecule has 1 unspecified atom stereocenters. The molecule has 1 fully saturated rings. The van der Waals surface area contributed by atoms with E-state index in [0.29, 0.717) is 19.3 Å². The van der Waals surface area contributed by atoms with Crippen LogP contribution in [0.15, 0.2) is 0 Å². The summed E-state index contributed by atoms with van der Waals surface area (Å²) < 4.78 is 5.67. The summed E-state index contributed by atoms with van der Waals surface area (Å²) >= 11 is 0. The van der Waals surface area contributed by atoms with Gasteiger partial charge in [-0.25, -0.2) is 0 Å². The van der Waals surface area contributed by atoms with E-state index in [1.54, 1.807) is 0 Å². The van der Waals surface area contributed by atoms with Gasteiger partial charge in [0, 0.05) is 20.6 Å². The average molecular weight is 216 g/mol. The molecule has 0 aromatic carbocycles. The molecule has 4 nitrogen and oxygen atoms in total. The summed E-state index contributed by atoms with van der Waals surface area (Å²) in [7, 11) is 3.82. The number of aliphatic hydroxyl groups excluding tert-OH is 1. The maximum Gasteiger partial charge on any atom is 0.0911 e. The van der Waals surface area contributed by atoms with E-state index in [-0.39, 0.29) is 0 Å². The minimum Gasteiger partial charge on any atom is -0.389 e. The van der Waals surface area contributed by atoms with Crippen molar-refractivity contribution in [2.75, 3.05) is 27.2 Å². The lowest BCUT2D eigenvalue weighted by molar-refractivity contribution is -0.0267. The number of hydrazine groups is 1. The lowest BCUT2D eigenvalue weighted by Crippen LogP contribution is -2.39. The summed E-state index contributed by atoms with van der Waals surface area (Å²) in [6.45, 7) is 1.01. The van der Waals surface area contributed by atoms with Crippen molar-refractivity contribution in [2.45, 2.75) is 44.3 Å². The van der Waals surface area contributed by atoms with Crippen LogP contribution in [0.25, 0.3) is 0 Å². The Bertz CT molecular complexity index is 159. The van der Waals surface area contributed by atoms with Crippen LogP contribution in [0, 0.1) is 0 Å². The number of rotatable bonds is 6. The van der Waals surface area contributed by atoms with Gasteiger partial charge in [0.2, 0.25) is 0 Å². The molecule has 0 aliphatic heterocycles. The minimum absolute atomic E-state index is 0.382. The fraction of sp³-hybridized carbons (Fsp3) is 1.00. The second-order valence-electron chi connectivity index (χ2n) is 4.50. The quantitative estimate of drug-likeness (QED) is 0.644. The second kappa shape index (κ2) is 7.17. The maximum atomic E-state index is 9.61. The van der Waals surface area contributed by atoms with Crippen LogP contribution in [0.2, 0.25) is 0 Å². The molecule has 15 heavy (non-hydrogen) atoms. The smallest absolute Gasteiger partial charge is 0.0911 e. The fourth-order valence-corrected chi connectivity index (χ4v) is 1.83. The summed E-state index contributed by atoms with van der Waals surface area (Å²) in [4.78, 5) is 0. The van der Waals surface area contributed by atoms with Gasteiger partial charge in [0.15, 0.2) is 0 Å². The van der Waals surface area contributed by atoms with E-state index in [9.17, 15) is 5.11 Å². The van der Waals surface area contributed by atoms with Gasteiger partial charge >= 0.3 is 0 Å². The molecule has 90 valence electrons. The molecule has 4 heteroatoms. The van der Waals surface area contributed by atoms with Crippen LogP contribution in [0.5, 0.6) is 0 Å². The highest BCUT2D eigenvalue weighted by atomic mass is 16.5. The Kier molecular flexibility index (Phi) is 6.17. The van der Waals surface area contributed by atoms with Crippen molar-refractivity contribution in [3.8, 4) is 0 Å². The first-order valence-electron chi connectivity index (χ1n) is 5.89. The molecule has 1 rings (SSSR count). The zero-order chi connectivity index (χ0) is 11.1. The molecular formula is C11H24N2O2. The highest BCUT2D eigenvalue weighted by Gasteiger charge is 2.15. The minimum atomic E-state index is -0.408. The molecule has 0 amide bonds. The van der Waals surface area contributed by atoms with Crippen molar-refractivity contribution in [3.05, 3.63) is 0 Å². The van der Waals surface area contributed by atoms with E-state index >= 15 is 0 Å². The summed E-state index contributed by atoms with van der Waals surface area (Å²) in [5.41, 5.74) is 3.04. The predicted molar refractivity (Wildman–Crippen MR) is 60.5 cm³/mol. The average Bonchev–Trinajstić information content (AvgIpc) is 2.25. The molecule has 0 spiro atoms. The molecule has 0 heterocycles. The Morgan fingerprint density at radius 1 is 1.33 bits per heavy atom. The lowest BCUT2D eigenvalue weighted by atomic mass is 9.98. The van der Waals surface area contributed by atoms with E-state index in [1.165, 1.54) is 19.3 Å². The molecule has 0 aromatic rings. The molecule has 0 saturated heterocycles. The van der Waals surface area contributed by atoms with Gasteiger partial charge in [-0.05, 0) is 12.8 Å². The van der Waals surface area contributed by atoms with Crippen LogP contribution >= 0.6 is 0 Å². The van der Waals surface area contributed by atoms with Gasteiger partial charge in [-0.3, -0.25) is 10.4 Å². The monoisotopic (exact) mass is 216 g/mol. The molecule has 1 atom stereocenters. The van der Waals surface area contributed by atoms with Gasteiger partial charge in [-0.15, -0.1) is 0 Å². The van der Waals surface area contributed by atoms with Crippen molar-refractivity contribution in [2.24, 2.45) is 0 Å². The summed E-state index contributed by atoms with van der Waals surface area (Å²) in [5.74, 6) is 0. The highest BCUT2D eigenvalue weighted by Crippen LogP contribution is 2.20. The van der Waals surface area contributed by atoms with Crippen molar-refractivity contribution in [1.29, 1.82) is 0 Å². The van der Waals surface area contributed by atoms with Gasteiger partial charge in [-0.2, -0.15) is 0 Å². The zero-order valence-corrected chi connectivity index (χ0v) is 9.91. The normalized spacial score (nSPS) is 20.8. The Balaban J connectivity index is 2.02. The van der Waals surface area contributed by atoms with Crippen LogP contribution in [0.4, 0.5) is 0 Å². The Morgan fingerprint density at radius 3 is 2.60 bits per heavy atom. The number of hydrogen-bond acceptors (Lipinski definition) is 4. The number of nitrogens with zero attached hydrogens (tertiary/aromatic N) is 1. The SMILES string of the molecule is CN(C)NCC(O)COC1CCCCC1. The fourth-order valence-electron chi connectivity index (χ4n) is 1.83. The number of hydrogen-bond donors (Lipinski definition) is 2. The summed E-state index contributed by atoms with van der Waals surface area (Å²) in [6, 6.07) is 0. The third-order valence-electron chi connectivity index (χ3n) is 2.72. The van der Waals surface area contributed by atoms with Crippen LogP contribution < -0.4 is 5.43 Å². The maximum absolute atomic E-state index is 9.61. The number of aliphatic hydroxyl groups is 1. The standard InChI is InChI=1S/C11H24N2O2/c1-13(2)12-8-10(14)9-15-11-6-4-3-5-7-11/h10-12,14H,3-9H2,1-2H3. The third-order valence-corrected chi connectivity index (χ3v) is 2.72. The van der Waals surface area contributed by atoms with Crippen molar-refractivity contribution in [3.63, 3.8) is 0 Å². The lowest BCUT2D eigenvalue weighted by Gasteiger charge is -2.24. The number of ether oxygens (including phenoxy) is 1. The Morgan fingerprint density at radius 2 is 2.00 bits per heavy atom. The topological polar surface area (TPSA) is 44.7 Å². The van der Waals surface area contributed by atoms with Gasteiger partial charge in [-0.1, -0.05) is 19.3 Å². The largest absolute Gasteiger partial charge is 0.389 e. The van der Waals surface area contributed by atoms with Gasteiger partial charge < -0.3 is 9.84 Å². The molecule has 0 aromatic heterocycles. The van der Waals surface area contributed by atoms with Gasteiger partial charge in [0.1, 0.15) is 0 Å². The zero-order valence-electron chi connectivity index (χ0n) is 9.91. The first-order valence-corrected chi connectivity index (χ1v) is 5.89. The van der Waals surface area contributed by atoms with E-state index in [2.05, 4.69) is 5.43 Å². The van der Waals surface area contributed by atoms with Crippen LogP contribution in [0.1, 0.15) is 32.1 Å². The van der Waals surface area contributed by atoms with E-state index in [4.69, 9.17) is 4.74 Å². The molecule has 1 aliphatic rings. The predicted octanol–water partition coefficient (Wildman–Crippen LogP) is 0.763. The molecular weight excluding hydrogens is 192 g/mol. The summed E-state index contributed by atoms with van der Waals surface area (Å²) in [6.07, 6.45) is 6.18. The van der Waals surface area contributed by atoms with E-state index in [0.717, 1.165) is 12.8 Å². The highest BCUT2D eigenvalue weighted by molar-refractivity contribution is 4.66. The molecule has 0 radical (unpaired) electrons. The molecule has 1 saturated carbocycles. The van der Waals surface area contributed by atoms with Gasteiger partial charge in [0.25, 0.3) is 0 Å². The Labute approximate surface area is 92.6 Å². The van der Waals surface area contributed by atoms with E-state index < -0.39 is 6.10 Å². The molecule has 0 bridgehead atoms. The van der Waals surface area contributed by atoms with Crippen LogP contribution in [0.3, 0.4) is 0 Å². The first kappa shape index (κ1) is 12.9. The van der Waals surface area contributed by atoms with Crippen LogP contribution in [-0.2, 0) is 4.74 Å². The van der Waals surface area contributed by atoms with Crippen molar-refractivity contribution < 1.29 is 9.84 Å². The Hall–Kier alpha value is -0.160. The third kappa shape index (κ3) is 6.10. The van der Waals surface area contributed by atoms with Crippen molar-refractivity contribution >= 4 is 0 Å². The molecule has 1 aliphatic carbocycles. The first-order chi connectivity index (χ1) is 7.18. The molecule has 2 N–H and O–H groups in total.